The van der Waals surface area contributed by atoms with Gasteiger partial charge in [-0.25, -0.2) is 0 Å². The van der Waals surface area contributed by atoms with E-state index in [0.29, 0.717) is 12.5 Å². The van der Waals surface area contributed by atoms with E-state index in [1.807, 2.05) is 17.5 Å². The summed E-state index contributed by atoms with van der Waals surface area (Å²) in [5.41, 5.74) is 5.61. The first-order chi connectivity index (χ1) is 7.29. The number of Topliss-reactive ketones (excluding diaryl/α,β-unsaturated/α-hetero) is 1. The second-order valence-corrected chi connectivity index (χ2v) is 4.97. The molecule has 0 aromatic carbocycles. The molecule has 5 heteroatoms. The zero-order chi connectivity index (χ0) is 10.7. The van der Waals surface area contributed by atoms with Crippen LogP contribution in [0.1, 0.15) is 16.1 Å². The van der Waals surface area contributed by atoms with Gasteiger partial charge in [0.2, 0.25) is 0 Å². The standard InChI is InChI=1S/C11H16N2OS.ClH/c12-6-9-3-4-13(7-9)8-10(14)11-2-1-5-15-11;/h1-2,5,9H,3-4,6-8,12H2;1H. The van der Waals surface area contributed by atoms with Crippen LogP contribution >= 0.6 is 23.7 Å². The highest BCUT2D eigenvalue weighted by Crippen LogP contribution is 2.16. The summed E-state index contributed by atoms with van der Waals surface area (Å²) in [5.74, 6) is 0.823. The molecule has 1 aromatic heterocycles. The van der Waals surface area contributed by atoms with Gasteiger partial charge in [0.05, 0.1) is 11.4 Å². The van der Waals surface area contributed by atoms with E-state index >= 15 is 0 Å². The van der Waals surface area contributed by atoms with Crippen LogP contribution in [0.3, 0.4) is 0 Å². The third-order valence-electron chi connectivity index (χ3n) is 2.87. The first kappa shape index (κ1) is 13.6. The largest absolute Gasteiger partial charge is 0.330 e. The van der Waals surface area contributed by atoms with Gasteiger partial charge in [0, 0.05) is 6.54 Å². The van der Waals surface area contributed by atoms with Crippen molar-refractivity contribution in [2.45, 2.75) is 6.42 Å². The Labute approximate surface area is 106 Å². The van der Waals surface area contributed by atoms with Gasteiger partial charge >= 0.3 is 0 Å². The van der Waals surface area contributed by atoms with Crippen LogP contribution in [0.5, 0.6) is 0 Å². The van der Waals surface area contributed by atoms with Crippen LogP contribution in [0.2, 0.25) is 0 Å². The number of carbonyl (C=O) groups is 1. The lowest BCUT2D eigenvalue weighted by Gasteiger charge is -2.13. The van der Waals surface area contributed by atoms with Crippen molar-refractivity contribution >= 4 is 29.5 Å². The van der Waals surface area contributed by atoms with Crippen LogP contribution in [-0.4, -0.2) is 36.9 Å². The summed E-state index contributed by atoms with van der Waals surface area (Å²) in [7, 11) is 0. The predicted octanol–water partition coefficient (Wildman–Crippen LogP) is 1.63. The molecule has 0 amide bonds. The summed E-state index contributed by atoms with van der Waals surface area (Å²) >= 11 is 1.52. The van der Waals surface area contributed by atoms with E-state index < -0.39 is 0 Å². The van der Waals surface area contributed by atoms with Crippen LogP contribution < -0.4 is 5.73 Å². The highest BCUT2D eigenvalue weighted by molar-refractivity contribution is 7.12. The smallest absolute Gasteiger partial charge is 0.186 e. The second-order valence-electron chi connectivity index (χ2n) is 4.03. The van der Waals surface area contributed by atoms with Gasteiger partial charge in [-0.15, -0.1) is 23.7 Å². The molecular formula is C11H17ClN2OS. The van der Waals surface area contributed by atoms with Crippen LogP contribution in [0, 0.1) is 5.92 Å². The molecule has 16 heavy (non-hydrogen) atoms. The summed E-state index contributed by atoms with van der Waals surface area (Å²) in [6.07, 6.45) is 1.13. The van der Waals surface area contributed by atoms with Crippen LogP contribution in [0.25, 0.3) is 0 Å². The Morgan fingerprint density at radius 1 is 1.62 bits per heavy atom. The Kier molecular flexibility index (Phi) is 5.41. The minimum Gasteiger partial charge on any atom is -0.330 e. The van der Waals surface area contributed by atoms with Crippen LogP contribution in [0.4, 0.5) is 0 Å². The molecule has 0 spiro atoms. The quantitative estimate of drug-likeness (QED) is 0.837. The number of ketones is 1. The van der Waals surface area contributed by atoms with Gasteiger partial charge < -0.3 is 5.73 Å². The van der Waals surface area contributed by atoms with Crippen molar-refractivity contribution in [2.75, 3.05) is 26.2 Å². The molecule has 0 aliphatic carbocycles. The van der Waals surface area contributed by atoms with Crippen molar-refractivity contribution in [1.82, 2.24) is 4.90 Å². The maximum Gasteiger partial charge on any atom is 0.186 e. The molecule has 1 aliphatic rings. The third-order valence-corrected chi connectivity index (χ3v) is 3.78. The van der Waals surface area contributed by atoms with Gasteiger partial charge in [0.15, 0.2) is 5.78 Å². The van der Waals surface area contributed by atoms with Gasteiger partial charge in [-0.3, -0.25) is 9.69 Å². The molecular weight excluding hydrogens is 244 g/mol. The Morgan fingerprint density at radius 2 is 2.44 bits per heavy atom. The molecule has 90 valence electrons. The van der Waals surface area contributed by atoms with E-state index in [0.717, 1.165) is 30.9 Å². The summed E-state index contributed by atoms with van der Waals surface area (Å²) in [6.45, 7) is 3.29. The van der Waals surface area contributed by atoms with Crippen molar-refractivity contribution in [1.29, 1.82) is 0 Å². The van der Waals surface area contributed by atoms with E-state index in [4.69, 9.17) is 5.73 Å². The molecule has 2 rings (SSSR count). The highest BCUT2D eigenvalue weighted by Gasteiger charge is 2.23. The fourth-order valence-electron chi connectivity index (χ4n) is 1.97. The lowest BCUT2D eigenvalue weighted by atomic mass is 10.1. The van der Waals surface area contributed by atoms with Gasteiger partial charge in [-0.2, -0.15) is 0 Å². The minimum atomic E-state index is 0. The number of nitrogens with two attached hydrogens (primary N) is 1. The van der Waals surface area contributed by atoms with E-state index in [1.165, 1.54) is 11.3 Å². The molecule has 1 aromatic rings. The Morgan fingerprint density at radius 3 is 3.00 bits per heavy atom. The fraction of sp³-hybridized carbons (Fsp3) is 0.545. The number of hydrogen-bond acceptors (Lipinski definition) is 4. The number of likely N-dealkylation sites (tertiary alicyclic amines) is 1. The van der Waals surface area contributed by atoms with E-state index in [-0.39, 0.29) is 18.2 Å². The molecule has 2 N–H and O–H groups in total. The van der Waals surface area contributed by atoms with Gasteiger partial charge in [0.1, 0.15) is 0 Å². The first-order valence-electron chi connectivity index (χ1n) is 5.28. The van der Waals surface area contributed by atoms with E-state index in [2.05, 4.69) is 4.90 Å². The zero-order valence-corrected chi connectivity index (χ0v) is 10.7. The molecule has 1 unspecified atom stereocenters. The van der Waals surface area contributed by atoms with Gasteiger partial charge in [0.25, 0.3) is 0 Å². The van der Waals surface area contributed by atoms with E-state index in [1.54, 1.807) is 0 Å². The number of rotatable bonds is 4. The van der Waals surface area contributed by atoms with Crippen molar-refractivity contribution in [3.8, 4) is 0 Å². The molecule has 1 fully saturated rings. The molecule has 0 bridgehead atoms. The summed E-state index contributed by atoms with van der Waals surface area (Å²) < 4.78 is 0. The van der Waals surface area contributed by atoms with Crippen molar-refractivity contribution in [2.24, 2.45) is 11.7 Å². The molecule has 1 saturated heterocycles. The fourth-order valence-corrected chi connectivity index (χ4v) is 2.62. The maximum absolute atomic E-state index is 11.8. The van der Waals surface area contributed by atoms with Crippen molar-refractivity contribution in [3.05, 3.63) is 22.4 Å². The zero-order valence-electron chi connectivity index (χ0n) is 9.09. The van der Waals surface area contributed by atoms with Crippen LogP contribution in [0.15, 0.2) is 17.5 Å². The number of hydrogen-bond donors (Lipinski definition) is 1. The third kappa shape index (κ3) is 3.28. The Bertz CT molecular complexity index is 329. The summed E-state index contributed by atoms with van der Waals surface area (Å²) in [5, 5.41) is 1.94. The average molecular weight is 261 g/mol. The summed E-state index contributed by atoms with van der Waals surface area (Å²) in [4.78, 5) is 14.9. The molecule has 2 heterocycles. The lowest BCUT2D eigenvalue weighted by molar-refractivity contribution is 0.0947. The highest BCUT2D eigenvalue weighted by atomic mass is 35.5. The second kappa shape index (κ2) is 6.35. The first-order valence-corrected chi connectivity index (χ1v) is 6.16. The van der Waals surface area contributed by atoms with Gasteiger partial charge in [-0.1, -0.05) is 6.07 Å². The SMILES string of the molecule is Cl.NCC1CCN(CC(=O)c2cccs2)C1. The summed E-state index contributed by atoms with van der Waals surface area (Å²) in [6, 6.07) is 3.81. The number of thiophene rings is 1. The number of nitrogens with zero attached hydrogens (tertiary/aromatic N) is 1. The number of halogens is 1. The molecule has 1 atom stereocenters. The molecule has 3 nitrogen and oxygen atoms in total. The number of carbonyl (C=O) groups excluding carboxylic acids is 1. The molecule has 1 aliphatic heterocycles. The monoisotopic (exact) mass is 260 g/mol. The van der Waals surface area contributed by atoms with Crippen molar-refractivity contribution < 1.29 is 4.79 Å². The topological polar surface area (TPSA) is 46.3 Å². The maximum atomic E-state index is 11.8. The lowest BCUT2D eigenvalue weighted by Crippen LogP contribution is -2.28. The van der Waals surface area contributed by atoms with Crippen LogP contribution in [-0.2, 0) is 0 Å². The Hall–Kier alpha value is -0.420. The van der Waals surface area contributed by atoms with Crippen molar-refractivity contribution in [3.63, 3.8) is 0 Å². The Balaban J connectivity index is 0.00000128. The van der Waals surface area contributed by atoms with E-state index in [9.17, 15) is 4.79 Å². The molecule has 0 saturated carbocycles. The predicted molar refractivity (Wildman–Crippen MR) is 69.5 cm³/mol. The minimum absolute atomic E-state index is 0. The molecule has 0 radical (unpaired) electrons. The van der Waals surface area contributed by atoms with Gasteiger partial charge in [-0.05, 0) is 36.9 Å². The average Bonchev–Trinajstić information content (AvgIpc) is 2.87. The normalized spacial score (nSPS) is 20.7.